The summed E-state index contributed by atoms with van der Waals surface area (Å²) in [5, 5.41) is 6.32. The lowest BCUT2D eigenvalue weighted by molar-refractivity contribution is -0.134. The Bertz CT molecular complexity index is 405. The molecule has 0 aromatic carbocycles. The van der Waals surface area contributed by atoms with Gasteiger partial charge in [0.05, 0.1) is 6.04 Å². The molecule has 7 nitrogen and oxygen atoms in total. The Labute approximate surface area is 145 Å². The number of hydrogen-bond acceptors (Lipinski definition) is 5. The van der Waals surface area contributed by atoms with Crippen molar-refractivity contribution < 1.29 is 14.3 Å². The van der Waals surface area contributed by atoms with Crippen molar-refractivity contribution in [1.82, 2.24) is 20.4 Å². The van der Waals surface area contributed by atoms with E-state index in [0.29, 0.717) is 38.7 Å². The molecule has 0 bridgehead atoms. The van der Waals surface area contributed by atoms with Gasteiger partial charge in [-0.2, -0.15) is 0 Å². The van der Waals surface area contributed by atoms with Crippen LogP contribution in [-0.4, -0.2) is 86.7 Å². The Morgan fingerprint density at radius 2 is 2.04 bits per heavy atom. The molecule has 2 fully saturated rings. The van der Waals surface area contributed by atoms with Crippen molar-refractivity contribution in [3.05, 3.63) is 0 Å². The predicted octanol–water partition coefficient (Wildman–Crippen LogP) is -0.186. The van der Waals surface area contributed by atoms with Crippen molar-refractivity contribution in [2.45, 2.75) is 44.7 Å². The van der Waals surface area contributed by atoms with Crippen LogP contribution in [0.25, 0.3) is 0 Å². The van der Waals surface area contributed by atoms with Gasteiger partial charge in [0.15, 0.2) is 0 Å². The van der Waals surface area contributed by atoms with Gasteiger partial charge in [0.2, 0.25) is 11.8 Å². The highest BCUT2D eigenvalue weighted by molar-refractivity contribution is 5.81. The third kappa shape index (κ3) is 5.72. The number of rotatable bonds is 8. The minimum Gasteiger partial charge on any atom is -0.385 e. The number of amides is 2. The zero-order valence-corrected chi connectivity index (χ0v) is 15.1. The molecule has 24 heavy (non-hydrogen) atoms. The summed E-state index contributed by atoms with van der Waals surface area (Å²) in [5.74, 6) is 0.298. The fourth-order valence-electron chi connectivity index (χ4n) is 3.37. The summed E-state index contributed by atoms with van der Waals surface area (Å²) >= 11 is 0. The molecule has 2 amide bonds. The van der Waals surface area contributed by atoms with Crippen LogP contribution in [0.3, 0.4) is 0 Å². The third-order valence-corrected chi connectivity index (χ3v) is 5.00. The van der Waals surface area contributed by atoms with E-state index in [4.69, 9.17) is 4.74 Å². The van der Waals surface area contributed by atoms with E-state index in [1.807, 2.05) is 11.8 Å². The molecule has 138 valence electrons. The zero-order valence-electron chi connectivity index (χ0n) is 15.1. The van der Waals surface area contributed by atoms with Gasteiger partial charge in [0.1, 0.15) is 0 Å². The van der Waals surface area contributed by atoms with Gasteiger partial charge < -0.3 is 20.3 Å². The molecule has 0 spiro atoms. The monoisotopic (exact) mass is 340 g/mol. The molecule has 0 radical (unpaired) electrons. The highest BCUT2D eigenvalue weighted by Crippen LogP contribution is 2.13. The summed E-state index contributed by atoms with van der Waals surface area (Å²) in [5.41, 5.74) is 0. The van der Waals surface area contributed by atoms with E-state index in [2.05, 4.69) is 15.5 Å². The molecule has 0 saturated carbocycles. The molecular formula is C17H32N4O3. The maximum atomic E-state index is 12.3. The largest absolute Gasteiger partial charge is 0.385 e. The molecule has 2 aliphatic heterocycles. The first-order valence-electron chi connectivity index (χ1n) is 9.13. The Kier molecular flexibility index (Phi) is 7.94. The van der Waals surface area contributed by atoms with Gasteiger partial charge in [-0.25, -0.2) is 0 Å². The molecule has 2 unspecified atom stereocenters. The second-order valence-corrected chi connectivity index (χ2v) is 6.73. The predicted molar refractivity (Wildman–Crippen MR) is 92.8 cm³/mol. The summed E-state index contributed by atoms with van der Waals surface area (Å²) < 4.78 is 4.98. The summed E-state index contributed by atoms with van der Waals surface area (Å²) in [6.07, 6.45) is 3.71. The maximum Gasteiger partial charge on any atom is 0.237 e. The van der Waals surface area contributed by atoms with Gasteiger partial charge >= 0.3 is 0 Å². The average Bonchev–Trinajstić information content (AvgIpc) is 3.11. The molecule has 2 saturated heterocycles. The topological polar surface area (TPSA) is 73.9 Å². The molecule has 0 aliphatic carbocycles. The highest BCUT2D eigenvalue weighted by Gasteiger charge is 2.28. The highest BCUT2D eigenvalue weighted by atomic mass is 16.5. The van der Waals surface area contributed by atoms with Crippen LogP contribution < -0.4 is 10.6 Å². The molecular weight excluding hydrogens is 308 g/mol. The first kappa shape index (κ1) is 19.1. The fraction of sp³-hybridized carbons (Fsp3) is 0.882. The van der Waals surface area contributed by atoms with Gasteiger partial charge in [0.25, 0.3) is 0 Å². The van der Waals surface area contributed by atoms with Crippen molar-refractivity contribution in [3.63, 3.8) is 0 Å². The quantitative estimate of drug-likeness (QED) is 0.600. The van der Waals surface area contributed by atoms with Crippen molar-refractivity contribution in [2.75, 3.05) is 53.0 Å². The lowest BCUT2D eigenvalue weighted by Gasteiger charge is -2.37. The van der Waals surface area contributed by atoms with Gasteiger partial charge in [-0.1, -0.05) is 0 Å². The maximum absolute atomic E-state index is 12.3. The normalized spacial score (nSPS) is 23.2. The van der Waals surface area contributed by atoms with E-state index >= 15 is 0 Å². The minimum absolute atomic E-state index is 0.0565. The van der Waals surface area contributed by atoms with Gasteiger partial charge in [-0.3, -0.25) is 14.5 Å². The van der Waals surface area contributed by atoms with E-state index in [9.17, 15) is 9.59 Å². The number of nitrogens with one attached hydrogen (secondary N) is 2. The Morgan fingerprint density at radius 1 is 1.29 bits per heavy atom. The van der Waals surface area contributed by atoms with E-state index in [1.54, 1.807) is 7.11 Å². The van der Waals surface area contributed by atoms with Crippen LogP contribution >= 0.6 is 0 Å². The van der Waals surface area contributed by atoms with E-state index in [0.717, 1.165) is 32.5 Å². The van der Waals surface area contributed by atoms with E-state index in [1.165, 1.54) is 6.42 Å². The number of piperazine rings is 1. The number of carbonyl (C=O) groups is 2. The third-order valence-electron chi connectivity index (χ3n) is 5.00. The van der Waals surface area contributed by atoms with Crippen molar-refractivity contribution in [2.24, 2.45) is 0 Å². The summed E-state index contributed by atoms with van der Waals surface area (Å²) in [7, 11) is 1.66. The van der Waals surface area contributed by atoms with E-state index < -0.39 is 0 Å². The second-order valence-electron chi connectivity index (χ2n) is 6.73. The first-order valence-corrected chi connectivity index (χ1v) is 9.13. The number of ether oxygens (including phenoxy) is 1. The minimum atomic E-state index is -0.152. The fourth-order valence-corrected chi connectivity index (χ4v) is 3.37. The summed E-state index contributed by atoms with van der Waals surface area (Å²) in [6.45, 7) is 7.22. The molecule has 2 atom stereocenters. The van der Waals surface area contributed by atoms with Crippen molar-refractivity contribution >= 4 is 11.8 Å². The number of methoxy groups -OCH3 is 1. The standard InChI is InChI=1S/C17H32N4O3/c1-14(17(23)19-7-4-12-24-2)20-8-10-21(11-9-20)16(22)13-15-5-3-6-18-15/h14-15,18H,3-13H2,1-2H3,(H,19,23). The molecule has 2 aliphatic rings. The van der Waals surface area contributed by atoms with Crippen LogP contribution in [0.5, 0.6) is 0 Å². The summed E-state index contributed by atoms with van der Waals surface area (Å²) in [4.78, 5) is 28.6. The van der Waals surface area contributed by atoms with Crippen LogP contribution in [0.15, 0.2) is 0 Å². The summed E-state index contributed by atoms with van der Waals surface area (Å²) in [6, 6.07) is 0.202. The number of carbonyl (C=O) groups excluding carboxylic acids is 2. The molecule has 2 rings (SSSR count). The lowest BCUT2D eigenvalue weighted by atomic mass is 10.1. The average molecular weight is 340 g/mol. The van der Waals surface area contributed by atoms with E-state index in [-0.39, 0.29) is 17.9 Å². The van der Waals surface area contributed by atoms with Crippen LogP contribution in [0, 0.1) is 0 Å². The SMILES string of the molecule is COCCCNC(=O)C(C)N1CCN(C(=O)CC2CCCN2)CC1. The van der Waals surface area contributed by atoms with Crippen LogP contribution in [0.2, 0.25) is 0 Å². The molecule has 0 aromatic heterocycles. The Morgan fingerprint density at radius 3 is 2.67 bits per heavy atom. The smallest absolute Gasteiger partial charge is 0.237 e. The molecule has 2 heterocycles. The second kappa shape index (κ2) is 9.96. The first-order chi connectivity index (χ1) is 11.6. The Balaban J connectivity index is 1.67. The van der Waals surface area contributed by atoms with Crippen LogP contribution in [-0.2, 0) is 14.3 Å². The molecule has 0 aromatic rings. The number of hydrogen-bond donors (Lipinski definition) is 2. The van der Waals surface area contributed by atoms with Crippen LogP contribution in [0.4, 0.5) is 0 Å². The lowest BCUT2D eigenvalue weighted by Crippen LogP contribution is -2.55. The molecule has 2 N–H and O–H groups in total. The molecule has 7 heteroatoms. The van der Waals surface area contributed by atoms with Gasteiger partial charge in [-0.05, 0) is 32.7 Å². The van der Waals surface area contributed by atoms with Crippen molar-refractivity contribution in [1.29, 1.82) is 0 Å². The van der Waals surface area contributed by atoms with Gasteiger partial charge in [0, 0.05) is 58.9 Å². The van der Waals surface area contributed by atoms with Crippen molar-refractivity contribution in [3.8, 4) is 0 Å². The Hall–Kier alpha value is -1.18. The zero-order chi connectivity index (χ0) is 17.4. The van der Waals surface area contributed by atoms with Gasteiger partial charge in [-0.15, -0.1) is 0 Å². The van der Waals surface area contributed by atoms with Crippen LogP contribution in [0.1, 0.15) is 32.6 Å². The number of nitrogens with zero attached hydrogens (tertiary/aromatic N) is 2.